The molecule has 0 heterocycles. The average Bonchev–Trinajstić information content (AvgIpc) is 2.32. The van der Waals surface area contributed by atoms with E-state index in [0.717, 1.165) is 0 Å². The third kappa shape index (κ3) is 3.12. The molecule has 6 heteroatoms. The van der Waals surface area contributed by atoms with Gasteiger partial charge >= 0.3 is 0 Å². The molecule has 1 aromatic carbocycles. The fraction of sp³-hybridized carbons (Fsp3) is 0.222. The summed E-state index contributed by atoms with van der Waals surface area (Å²) >= 11 is 0. The Bertz CT molecular complexity index is 303. The van der Waals surface area contributed by atoms with E-state index in [-0.39, 0.29) is 17.2 Å². The van der Waals surface area contributed by atoms with Gasteiger partial charge < -0.3 is 14.6 Å². The van der Waals surface area contributed by atoms with Crippen molar-refractivity contribution in [3.63, 3.8) is 0 Å². The summed E-state index contributed by atoms with van der Waals surface area (Å²) in [6.45, 7) is 0. The lowest BCUT2D eigenvalue weighted by atomic mass is 10.2. The second-order valence-corrected chi connectivity index (χ2v) is 2.39. The SMILES string of the molecule is COc1cc(C=O)cc(OC)c1O.NN. The lowest BCUT2D eigenvalue weighted by Gasteiger charge is -2.08. The van der Waals surface area contributed by atoms with Crippen molar-refractivity contribution in [1.82, 2.24) is 0 Å². The Balaban J connectivity index is 0.000000921. The van der Waals surface area contributed by atoms with Gasteiger partial charge in [-0.15, -0.1) is 0 Å². The summed E-state index contributed by atoms with van der Waals surface area (Å²) in [5.41, 5.74) is 0.395. The first kappa shape index (κ1) is 13.2. The second-order valence-electron chi connectivity index (χ2n) is 2.39. The van der Waals surface area contributed by atoms with Gasteiger partial charge in [0.05, 0.1) is 14.2 Å². The van der Waals surface area contributed by atoms with Crippen LogP contribution in [0.25, 0.3) is 0 Å². The fourth-order valence-corrected chi connectivity index (χ4v) is 0.982. The fourth-order valence-electron chi connectivity index (χ4n) is 0.982. The van der Waals surface area contributed by atoms with Gasteiger partial charge in [0.1, 0.15) is 6.29 Å². The molecule has 0 spiro atoms. The van der Waals surface area contributed by atoms with Crippen molar-refractivity contribution < 1.29 is 19.4 Å². The van der Waals surface area contributed by atoms with Crippen molar-refractivity contribution in [2.45, 2.75) is 0 Å². The lowest BCUT2D eigenvalue weighted by Crippen LogP contribution is -2.02. The molecule has 0 amide bonds. The predicted molar refractivity (Wildman–Crippen MR) is 55.0 cm³/mol. The Labute approximate surface area is 87.4 Å². The molecule has 0 bridgehead atoms. The van der Waals surface area contributed by atoms with Crippen molar-refractivity contribution in [3.8, 4) is 17.2 Å². The van der Waals surface area contributed by atoms with Crippen LogP contribution in [0.15, 0.2) is 12.1 Å². The number of carbonyl (C=O) groups excluding carboxylic acids is 1. The molecule has 84 valence electrons. The van der Waals surface area contributed by atoms with Crippen LogP contribution in [0.2, 0.25) is 0 Å². The van der Waals surface area contributed by atoms with Crippen LogP contribution in [0.1, 0.15) is 10.4 Å². The zero-order valence-electron chi connectivity index (χ0n) is 8.56. The van der Waals surface area contributed by atoms with Crippen molar-refractivity contribution in [3.05, 3.63) is 17.7 Å². The minimum absolute atomic E-state index is 0.101. The maximum atomic E-state index is 10.5. The molecule has 15 heavy (non-hydrogen) atoms. The van der Waals surface area contributed by atoms with Gasteiger partial charge in [0, 0.05) is 5.56 Å². The number of carbonyl (C=O) groups is 1. The van der Waals surface area contributed by atoms with E-state index in [1.165, 1.54) is 26.4 Å². The molecule has 0 saturated heterocycles. The molecule has 6 nitrogen and oxygen atoms in total. The smallest absolute Gasteiger partial charge is 0.200 e. The number of phenols is 1. The van der Waals surface area contributed by atoms with E-state index in [0.29, 0.717) is 11.8 Å². The molecule has 0 atom stereocenters. The summed E-state index contributed by atoms with van der Waals surface area (Å²) in [6, 6.07) is 2.87. The first-order chi connectivity index (χ1) is 7.22. The van der Waals surface area contributed by atoms with Gasteiger partial charge in [-0.2, -0.15) is 0 Å². The molecule has 0 fully saturated rings. The van der Waals surface area contributed by atoms with E-state index in [2.05, 4.69) is 11.7 Å². The Morgan fingerprint density at radius 1 is 1.20 bits per heavy atom. The highest BCUT2D eigenvalue weighted by Crippen LogP contribution is 2.36. The maximum Gasteiger partial charge on any atom is 0.200 e. The molecule has 0 saturated carbocycles. The normalized spacial score (nSPS) is 8.53. The number of aldehydes is 1. The highest BCUT2D eigenvalue weighted by Gasteiger charge is 2.10. The quantitative estimate of drug-likeness (QED) is 0.372. The number of hydrazine groups is 1. The summed E-state index contributed by atoms with van der Waals surface area (Å²) < 4.78 is 9.68. The van der Waals surface area contributed by atoms with Crippen LogP contribution in [-0.2, 0) is 0 Å². The number of hydrogen-bond acceptors (Lipinski definition) is 6. The molecular weight excluding hydrogens is 200 g/mol. The number of hydrogen-bond donors (Lipinski definition) is 3. The van der Waals surface area contributed by atoms with Crippen LogP contribution in [0, 0.1) is 0 Å². The van der Waals surface area contributed by atoms with Crippen molar-refractivity contribution in [2.75, 3.05) is 14.2 Å². The summed E-state index contributed by atoms with van der Waals surface area (Å²) in [4.78, 5) is 10.5. The molecule has 0 unspecified atom stereocenters. The number of aromatic hydroxyl groups is 1. The van der Waals surface area contributed by atoms with Crippen LogP contribution in [0.4, 0.5) is 0 Å². The van der Waals surface area contributed by atoms with Crippen molar-refractivity contribution >= 4 is 6.29 Å². The number of ether oxygens (including phenoxy) is 2. The monoisotopic (exact) mass is 214 g/mol. The first-order valence-corrected chi connectivity index (χ1v) is 3.96. The summed E-state index contributed by atoms with van der Waals surface area (Å²) in [5, 5.41) is 9.44. The number of rotatable bonds is 3. The number of nitrogens with two attached hydrogens (primary N) is 2. The molecule has 1 rings (SSSR count). The molecule has 0 aliphatic carbocycles. The van der Waals surface area contributed by atoms with E-state index < -0.39 is 0 Å². The zero-order valence-corrected chi connectivity index (χ0v) is 8.56. The van der Waals surface area contributed by atoms with Crippen LogP contribution in [0.3, 0.4) is 0 Å². The van der Waals surface area contributed by atoms with E-state index in [1.54, 1.807) is 0 Å². The van der Waals surface area contributed by atoms with E-state index in [4.69, 9.17) is 9.47 Å². The van der Waals surface area contributed by atoms with E-state index in [1.807, 2.05) is 0 Å². The van der Waals surface area contributed by atoms with Gasteiger partial charge in [0.25, 0.3) is 0 Å². The summed E-state index contributed by atoms with van der Waals surface area (Å²) in [6.07, 6.45) is 0.657. The highest BCUT2D eigenvalue weighted by molar-refractivity contribution is 5.78. The Morgan fingerprint density at radius 2 is 1.60 bits per heavy atom. The van der Waals surface area contributed by atoms with Gasteiger partial charge in [0.15, 0.2) is 11.5 Å². The number of phenolic OH excluding ortho intramolecular Hbond substituents is 1. The minimum Gasteiger partial charge on any atom is -0.502 e. The maximum absolute atomic E-state index is 10.5. The molecule has 0 radical (unpaired) electrons. The van der Waals surface area contributed by atoms with Crippen LogP contribution >= 0.6 is 0 Å². The van der Waals surface area contributed by atoms with Crippen LogP contribution in [-0.4, -0.2) is 25.6 Å². The van der Waals surface area contributed by atoms with E-state index >= 15 is 0 Å². The third-order valence-electron chi connectivity index (χ3n) is 1.64. The van der Waals surface area contributed by atoms with Gasteiger partial charge in [0.2, 0.25) is 5.75 Å². The van der Waals surface area contributed by atoms with E-state index in [9.17, 15) is 9.90 Å². The first-order valence-electron chi connectivity index (χ1n) is 3.96. The lowest BCUT2D eigenvalue weighted by molar-refractivity contribution is 0.112. The van der Waals surface area contributed by atoms with Gasteiger partial charge in [-0.05, 0) is 12.1 Å². The summed E-state index contributed by atoms with van der Waals surface area (Å²) in [7, 11) is 2.81. The predicted octanol–water partition coefficient (Wildman–Crippen LogP) is 0.0407. The van der Waals surface area contributed by atoms with Crippen LogP contribution in [0.5, 0.6) is 17.2 Å². The third-order valence-corrected chi connectivity index (χ3v) is 1.64. The number of benzene rings is 1. The Morgan fingerprint density at radius 3 is 1.87 bits per heavy atom. The van der Waals surface area contributed by atoms with Crippen molar-refractivity contribution in [2.24, 2.45) is 11.7 Å². The Hall–Kier alpha value is -1.79. The molecule has 0 aliphatic rings. The molecule has 5 N–H and O–H groups in total. The second kappa shape index (κ2) is 6.63. The van der Waals surface area contributed by atoms with Crippen molar-refractivity contribution in [1.29, 1.82) is 0 Å². The molecular formula is C9H14N2O4. The van der Waals surface area contributed by atoms with Gasteiger partial charge in [-0.3, -0.25) is 16.5 Å². The Kier molecular flexibility index (Phi) is 5.84. The average molecular weight is 214 g/mol. The largest absolute Gasteiger partial charge is 0.502 e. The molecule has 0 aromatic heterocycles. The standard InChI is InChI=1S/C9H10O4.H4N2/c1-12-7-3-6(5-10)4-8(13-2)9(7)11;1-2/h3-5,11H,1-2H3;1-2H2. The zero-order chi connectivity index (χ0) is 11.8. The van der Waals surface area contributed by atoms with Gasteiger partial charge in [-0.1, -0.05) is 0 Å². The number of methoxy groups -OCH3 is 2. The molecule has 1 aromatic rings. The minimum atomic E-state index is -0.101. The van der Waals surface area contributed by atoms with Crippen LogP contribution < -0.4 is 21.2 Å². The summed E-state index contributed by atoms with van der Waals surface area (Å²) in [5.74, 6) is 8.35. The topological polar surface area (TPSA) is 108 Å². The van der Waals surface area contributed by atoms with Gasteiger partial charge in [-0.25, -0.2) is 0 Å². The molecule has 0 aliphatic heterocycles. The highest BCUT2D eigenvalue weighted by atomic mass is 16.5.